The lowest BCUT2D eigenvalue weighted by Crippen LogP contribution is -2.46. The van der Waals surface area contributed by atoms with Crippen molar-refractivity contribution in [1.82, 2.24) is 10.6 Å². The van der Waals surface area contributed by atoms with Crippen molar-refractivity contribution >= 4 is 11.8 Å². The quantitative estimate of drug-likeness (QED) is 0.366. The molecule has 0 saturated heterocycles. The standard InChI is InChI=1S/C30H36N2O4/c1-20-14-15-22(19-33)16-25(20)28(35)31-26(17-21-10-6-5-7-11-21)27(34)18-23-12-8-9-13-24(23)29(36)32-30(2,3)4/h5-16,26-27,33-34H,17-19H2,1-4H3,(H,31,35)(H,32,36)/t26-,27-/m1/s1. The number of carbonyl (C=O) groups excluding carboxylic acids is 2. The molecule has 6 heteroatoms. The van der Waals surface area contributed by atoms with E-state index in [2.05, 4.69) is 10.6 Å². The molecule has 0 radical (unpaired) electrons. The summed E-state index contributed by atoms with van der Waals surface area (Å²) in [7, 11) is 0. The monoisotopic (exact) mass is 488 g/mol. The summed E-state index contributed by atoms with van der Waals surface area (Å²) in [5, 5.41) is 26.8. The summed E-state index contributed by atoms with van der Waals surface area (Å²) in [5.41, 5.74) is 3.66. The fraction of sp³-hybridized carbons (Fsp3) is 0.333. The van der Waals surface area contributed by atoms with Crippen LogP contribution < -0.4 is 10.6 Å². The van der Waals surface area contributed by atoms with Gasteiger partial charge in [0, 0.05) is 23.1 Å². The molecule has 6 nitrogen and oxygen atoms in total. The Morgan fingerprint density at radius 1 is 0.833 bits per heavy atom. The topological polar surface area (TPSA) is 98.7 Å². The number of rotatable bonds is 9. The second-order valence-electron chi connectivity index (χ2n) is 10.2. The zero-order chi connectivity index (χ0) is 26.3. The Morgan fingerprint density at radius 3 is 2.17 bits per heavy atom. The van der Waals surface area contributed by atoms with Gasteiger partial charge < -0.3 is 20.8 Å². The molecule has 0 bridgehead atoms. The lowest BCUT2D eigenvalue weighted by molar-refractivity contribution is 0.0826. The van der Waals surface area contributed by atoms with Crippen LogP contribution in [-0.2, 0) is 19.4 Å². The minimum Gasteiger partial charge on any atom is -0.392 e. The number of aliphatic hydroxyl groups excluding tert-OH is 2. The highest BCUT2D eigenvalue weighted by Gasteiger charge is 2.26. The number of hydrogen-bond acceptors (Lipinski definition) is 4. The molecule has 0 aliphatic rings. The Kier molecular flexibility index (Phi) is 9.02. The van der Waals surface area contributed by atoms with Crippen LogP contribution in [0.1, 0.15) is 63.7 Å². The van der Waals surface area contributed by atoms with E-state index in [0.717, 1.165) is 11.1 Å². The fourth-order valence-corrected chi connectivity index (χ4v) is 4.10. The fourth-order valence-electron chi connectivity index (χ4n) is 4.10. The van der Waals surface area contributed by atoms with Crippen molar-refractivity contribution in [2.75, 3.05) is 0 Å². The van der Waals surface area contributed by atoms with Crippen molar-refractivity contribution < 1.29 is 19.8 Å². The van der Waals surface area contributed by atoms with E-state index >= 15 is 0 Å². The maximum atomic E-state index is 13.3. The molecule has 0 aliphatic carbocycles. The Hall–Kier alpha value is -3.48. The molecule has 190 valence electrons. The third-order valence-electron chi connectivity index (χ3n) is 5.99. The predicted octanol–water partition coefficient (Wildman–Crippen LogP) is 3.96. The summed E-state index contributed by atoms with van der Waals surface area (Å²) in [6.45, 7) is 7.43. The van der Waals surface area contributed by atoms with Crippen molar-refractivity contribution in [3.8, 4) is 0 Å². The molecule has 36 heavy (non-hydrogen) atoms. The van der Waals surface area contributed by atoms with Crippen LogP contribution in [0.4, 0.5) is 0 Å². The lowest BCUT2D eigenvalue weighted by atomic mass is 9.93. The SMILES string of the molecule is Cc1ccc(CO)cc1C(=O)N[C@H](Cc1ccccc1)[C@H](O)Cc1ccccc1C(=O)NC(C)(C)C. The van der Waals surface area contributed by atoms with Gasteiger partial charge in [0.1, 0.15) is 0 Å². The van der Waals surface area contributed by atoms with Gasteiger partial charge >= 0.3 is 0 Å². The van der Waals surface area contributed by atoms with E-state index < -0.39 is 17.7 Å². The van der Waals surface area contributed by atoms with Crippen LogP contribution in [0.2, 0.25) is 0 Å². The lowest BCUT2D eigenvalue weighted by Gasteiger charge is -2.26. The van der Waals surface area contributed by atoms with Crippen LogP contribution in [0.15, 0.2) is 72.8 Å². The largest absolute Gasteiger partial charge is 0.392 e. The van der Waals surface area contributed by atoms with Gasteiger partial charge in [-0.25, -0.2) is 0 Å². The second kappa shape index (κ2) is 12.0. The summed E-state index contributed by atoms with van der Waals surface area (Å²) < 4.78 is 0. The van der Waals surface area contributed by atoms with Crippen LogP contribution in [0.5, 0.6) is 0 Å². The molecular weight excluding hydrogens is 452 g/mol. The number of aryl methyl sites for hydroxylation is 1. The van der Waals surface area contributed by atoms with Crippen LogP contribution in [0.3, 0.4) is 0 Å². The average Bonchev–Trinajstić information content (AvgIpc) is 2.83. The zero-order valence-electron chi connectivity index (χ0n) is 21.4. The van der Waals surface area contributed by atoms with E-state index in [1.54, 1.807) is 30.3 Å². The van der Waals surface area contributed by atoms with Crippen molar-refractivity contribution in [2.24, 2.45) is 0 Å². The number of benzene rings is 3. The van der Waals surface area contributed by atoms with Crippen molar-refractivity contribution in [3.63, 3.8) is 0 Å². The molecule has 0 unspecified atom stereocenters. The molecule has 2 amide bonds. The summed E-state index contributed by atoms with van der Waals surface area (Å²) in [4.78, 5) is 26.2. The molecule has 0 aliphatic heterocycles. The molecule has 0 spiro atoms. The van der Waals surface area contributed by atoms with Crippen LogP contribution in [-0.4, -0.2) is 39.7 Å². The zero-order valence-corrected chi connectivity index (χ0v) is 21.4. The van der Waals surface area contributed by atoms with Gasteiger partial charge in [-0.15, -0.1) is 0 Å². The third-order valence-corrected chi connectivity index (χ3v) is 5.99. The van der Waals surface area contributed by atoms with Gasteiger partial charge in [0.05, 0.1) is 18.8 Å². The molecule has 2 atom stereocenters. The van der Waals surface area contributed by atoms with E-state index in [1.165, 1.54) is 0 Å². The van der Waals surface area contributed by atoms with E-state index in [4.69, 9.17) is 0 Å². The smallest absolute Gasteiger partial charge is 0.251 e. The molecule has 4 N–H and O–H groups in total. The number of aliphatic hydroxyl groups is 2. The summed E-state index contributed by atoms with van der Waals surface area (Å²) in [5.74, 6) is -0.521. The van der Waals surface area contributed by atoms with E-state index in [0.29, 0.717) is 28.7 Å². The highest BCUT2D eigenvalue weighted by Crippen LogP contribution is 2.18. The normalized spacial score (nSPS) is 13.1. The summed E-state index contributed by atoms with van der Waals surface area (Å²) >= 11 is 0. The molecule has 3 aromatic rings. The molecule has 0 aromatic heterocycles. The van der Waals surface area contributed by atoms with Gasteiger partial charge in [-0.1, -0.05) is 60.7 Å². The number of hydrogen-bond donors (Lipinski definition) is 4. The van der Waals surface area contributed by atoms with Gasteiger partial charge in [0.2, 0.25) is 0 Å². The molecule has 3 aromatic carbocycles. The van der Waals surface area contributed by atoms with Crippen LogP contribution >= 0.6 is 0 Å². The highest BCUT2D eigenvalue weighted by atomic mass is 16.3. The number of nitrogens with one attached hydrogen (secondary N) is 2. The first-order valence-electron chi connectivity index (χ1n) is 12.2. The van der Waals surface area contributed by atoms with Gasteiger partial charge in [-0.2, -0.15) is 0 Å². The summed E-state index contributed by atoms with van der Waals surface area (Å²) in [6.07, 6.45) is -0.330. The minimum atomic E-state index is -0.945. The number of carbonyl (C=O) groups is 2. The van der Waals surface area contributed by atoms with Crippen LogP contribution in [0, 0.1) is 6.92 Å². The van der Waals surface area contributed by atoms with Gasteiger partial charge in [0.25, 0.3) is 11.8 Å². The maximum absolute atomic E-state index is 13.3. The maximum Gasteiger partial charge on any atom is 0.251 e. The Balaban J connectivity index is 1.87. The van der Waals surface area contributed by atoms with E-state index in [9.17, 15) is 19.8 Å². The average molecular weight is 489 g/mol. The second-order valence-corrected chi connectivity index (χ2v) is 10.2. The molecule has 0 heterocycles. The van der Waals surface area contributed by atoms with E-state index in [-0.39, 0.29) is 24.8 Å². The van der Waals surface area contributed by atoms with Gasteiger partial charge in [-0.05, 0) is 68.5 Å². The first-order chi connectivity index (χ1) is 17.1. The van der Waals surface area contributed by atoms with E-state index in [1.807, 2.05) is 70.2 Å². The van der Waals surface area contributed by atoms with Gasteiger partial charge in [0.15, 0.2) is 0 Å². The molecule has 0 saturated carbocycles. The minimum absolute atomic E-state index is 0.163. The van der Waals surface area contributed by atoms with Crippen molar-refractivity contribution in [1.29, 1.82) is 0 Å². The Bertz CT molecular complexity index is 1190. The molecular formula is C30H36N2O4. The first kappa shape index (κ1) is 27.1. The van der Waals surface area contributed by atoms with Crippen molar-refractivity contribution in [3.05, 3.63) is 106 Å². The third kappa shape index (κ3) is 7.51. The first-order valence-corrected chi connectivity index (χ1v) is 12.2. The van der Waals surface area contributed by atoms with Crippen molar-refractivity contribution in [2.45, 2.75) is 64.8 Å². The molecule has 3 rings (SSSR count). The summed E-state index contributed by atoms with van der Waals surface area (Å²) in [6, 6.07) is 21.5. The Morgan fingerprint density at radius 2 is 1.50 bits per heavy atom. The number of amides is 2. The van der Waals surface area contributed by atoms with Gasteiger partial charge in [-0.3, -0.25) is 9.59 Å². The predicted molar refractivity (Wildman–Crippen MR) is 142 cm³/mol. The van der Waals surface area contributed by atoms with Crippen LogP contribution in [0.25, 0.3) is 0 Å². The highest BCUT2D eigenvalue weighted by molar-refractivity contribution is 5.96. The molecule has 0 fully saturated rings. The Labute approximate surface area is 213 Å².